The van der Waals surface area contributed by atoms with E-state index >= 15 is 0 Å². The highest BCUT2D eigenvalue weighted by molar-refractivity contribution is 6.09. The van der Waals surface area contributed by atoms with E-state index in [2.05, 4.69) is 5.32 Å². The molecule has 0 bridgehead atoms. The lowest BCUT2D eigenvalue weighted by molar-refractivity contribution is -0.139. The van der Waals surface area contributed by atoms with E-state index in [1.807, 2.05) is 6.92 Å². The van der Waals surface area contributed by atoms with Crippen LogP contribution in [0.25, 0.3) is 0 Å². The second-order valence-electron chi connectivity index (χ2n) is 6.84. The molecule has 2 unspecified atom stereocenters. The number of nitrogens with two attached hydrogens (primary N) is 1. The second-order valence-corrected chi connectivity index (χ2v) is 6.84. The maximum Gasteiger partial charge on any atom is 0.325 e. The van der Waals surface area contributed by atoms with Crippen LogP contribution in [0.2, 0.25) is 0 Å². The third-order valence-electron chi connectivity index (χ3n) is 5.31. The van der Waals surface area contributed by atoms with E-state index in [9.17, 15) is 14.4 Å². The van der Waals surface area contributed by atoms with Crippen LogP contribution in [0.5, 0.6) is 0 Å². The van der Waals surface area contributed by atoms with Gasteiger partial charge in [0, 0.05) is 12.6 Å². The van der Waals surface area contributed by atoms with Crippen LogP contribution < -0.4 is 11.1 Å². The first-order valence-corrected chi connectivity index (χ1v) is 8.10. The number of hydrogen-bond donors (Lipinski definition) is 2. The first kappa shape index (κ1) is 15.3. The van der Waals surface area contributed by atoms with Crippen LogP contribution in [0, 0.1) is 5.92 Å². The minimum absolute atomic E-state index is 0.113. The fraction of sp³-hybridized carbons (Fsp3) is 0.800. The summed E-state index contributed by atoms with van der Waals surface area (Å²) in [4.78, 5) is 40.0. The van der Waals surface area contributed by atoms with Gasteiger partial charge in [-0.3, -0.25) is 14.5 Å². The molecule has 2 aliphatic heterocycles. The Bertz CT molecular complexity index is 501. The van der Waals surface area contributed by atoms with Crippen molar-refractivity contribution in [2.24, 2.45) is 11.7 Å². The van der Waals surface area contributed by atoms with Crippen molar-refractivity contribution in [3.8, 4) is 0 Å². The van der Waals surface area contributed by atoms with Gasteiger partial charge in [0.15, 0.2) is 0 Å². The van der Waals surface area contributed by atoms with E-state index in [1.54, 1.807) is 4.90 Å². The molecule has 2 heterocycles. The highest BCUT2D eigenvalue weighted by Crippen LogP contribution is 2.35. The molecule has 2 saturated heterocycles. The number of likely N-dealkylation sites (tertiary alicyclic amines) is 1. The molecule has 0 aromatic rings. The van der Waals surface area contributed by atoms with Gasteiger partial charge in [-0.25, -0.2) is 4.79 Å². The Hall–Kier alpha value is -1.63. The summed E-state index contributed by atoms with van der Waals surface area (Å²) >= 11 is 0. The maximum absolute atomic E-state index is 12.5. The first-order chi connectivity index (χ1) is 10.5. The molecular weight excluding hydrogens is 284 g/mol. The normalized spacial score (nSPS) is 30.5. The largest absolute Gasteiger partial charge is 0.338 e. The Kier molecular flexibility index (Phi) is 3.84. The van der Waals surface area contributed by atoms with Gasteiger partial charge >= 0.3 is 6.03 Å². The Balaban J connectivity index is 1.67. The molecule has 4 amide bonds. The molecule has 3 fully saturated rings. The quantitative estimate of drug-likeness (QED) is 0.720. The van der Waals surface area contributed by atoms with E-state index < -0.39 is 11.6 Å². The number of rotatable bonds is 3. The predicted octanol–water partition coefficient (Wildman–Crippen LogP) is 0.0467. The molecule has 3 aliphatic rings. The molecule has 7 nitrogen and oxygen atoms in total. The van der Waals surface area contributed by atoms with Crippen LogP contribution in [0.3, 0.4) is 0 Å². The molecule has 7 heteroatoms. The molecule has 22 heavy (non-hydrogen) atoms. The van der Waals surface area contributed by atoms with Gasteiger partial charge in [-0.15, -0.1) is 0 Å². The lowest BCUT2D eigenvalue weighted by Crippen LogP contribution is -2.46. The summed E-state index contributed by atoms with van der Waals surface area (Å²) in [6.07, 6.45) is 4.12. The van der Waals surface area contributed by atoms with Gasteiger partial charge in [0.2, 0.25) is 5.91 Å². The van der Waals surface area contributed by atoms with Gasteiger partial charge in [0.05, 0.1) is 0 Å². The Morgan fingerprint density at radius 3 is 2.64 bits per heavy atom. The maximum atomic E-state index is 12.5. The van der Waals surface area contributed by atoms with E-state index in [1.165, 1.54) is 0 Å². The van der Waals surface area contributed by atoms with Crippen molar-refractivity contribution in [1.82, 2.24) is 15.1 Å². The molecule has 3 rings (SSSR count). The van der Waals surface area contributed by atoms with Crippen molar-refractivity contribution in [2.75, 3.05) is 19.6 Å². The van der Waals surface area contributed by atoms with Crippen LogP contribution >= 0.6 is 0 Å². The van der Waals surface area contributed by atoms with Crippen LogP contribution in [0.1, 0.15) is 39.0 Å². The molecule has 1 aliphatic carbocycles. The average Bonchev–Trinajstić information content (AvgIpc) is 3.15. The molecule has 2 atom stereocenters. The van der Waals surface area contributed by atoms with Crippen molar-refractivity contribution in [2.45, 2.75) is 50.6 Å². The summed E-state index contributed by atoms with van der Waals surface area (Å²) < 4.78 is 0. The zero-order valence-corrected chi connectivity index (χ0v) is 13.0. The van der Waals surface area contributed by atoms with Crippen molar-refractivity contribution in [3.05, 3.63) is 0 Å². The molecule has 3 N–H and O–H groups in total. The van der Waals surface area contributed by atoms with E-state index in [0.29, 0.717) is 31.8 Å². The minimum atomic E-state index is -0.742. The summed E-state index contributed by atoms with van der Waals surface area (Å²) in [5.74, 6) is -0.0872. The zero-order valence-electron chi connectivity index (χ0n) is 13.0. The van der Waals surface area contributed by atoms with E-state index in [0.717, 1.165) is 24.2 Å². The van der Waals surface area contributed by atoms with Crippen LogP contribution in [-0.2, 0) is 9.59 Å². The third-order valence-corrected chi connectivity index (χ3v) is 5.31. The summed E-state index contributed by atoms with van der Waals surface area (Å²) in [6, 6.07) is -0.315. The van der Waals surface area contributed by atoms with E-state index in [4.69, 9.17) is 5.73 Å². The van der Waals surface area contributed by atoms with Gasteiger partial charge in [-0.05, 0) is 38.6 Å². The monoisotopic (exact) mass is 308 g/mol. The highest BCUT2D eigenvalue weighted by atomic mass is 16.2. The fourth-order valence-electron chi connectivity index (χ4n) is 4.02. The van der Waals surface area contributed by atoms with Crippen molar-refractivity contribution < 1.29 is 14.4 Å². The standard InChI is InChI=1S/C15H24N4O3/c1-10-6-11(7-16)8-18(10)12(20)9-19-13(21)15(17-14(19)22)4-2-3-5-15/h10-11H,2-9,16H2,1H3,(H,17,22). The molecule has 0 aromatic carbocycles. The van der Waals surface area contributed by atoms with Crippen molar-refractivity contribution in [1.29, 1.82) is 0 Å². The first-order valence-electron chi connectivity index (χ1n) is 8.10. The SMILES string of the molecule is CC1CC(CN)CN1C(=O)CN1C(=O)NC2(CCCC2)C1=O. The molecule has 0 aromatic heterocycles. The lowest BCUT2D eigenvalue weighted by Gasteiger charge is -2.24. The fourth-order valence-corrected chi connectivity index (χ4v) is 4.02. The summed E-state index contributed by atoms with van der Waals surface area (Å²) in [5.41, 5.74) is 4.94. The Labute approximate surface area is 130 Å². The highest BCUT2D eigenvalue weighted by Gasteiger charge is 2.53. The topological polar surface area (TPSA) is 95.7 Å². The number of imide groups is 1. The Morgan fingerprint density at radius 1 is 1.36 bits per heavy atom. The smallest absolute Gasteiger partial charge is 0.325 e. The van der Waals surface area contributed by atoms with Gasteiger partial charge in [0.25, 0.3) is 5.91 Å². The summed E-state index contributed by atoms with van der Waals surface area (Å²) in [7, 11) is 0. The summed E-state index contributed by atoms with van der Waals surface area (Å²) in [5, 5.41) is 2.80. The number of urea groups is 1. The number of nitrogens with one attached hydrogen (secondary N) is 1. The number of nitrogens with zero attached hydrogens (tertiary/aromatic N) is 2. The number of hydrogen-bond acceptors (Lipinski definition) is 4. The molecule has 1 spiro atoms. The van der Waals surface area contributed by atoms with Crippen molar-refractivity contribution >= 4 is 17.8 Å². The lowest BCUT2D eigenvalue weighted by atomic mass is 9.98. The van der Waals surface area contributed by atoms with E-state index in [-0.39, 0.29) is 24.4 Å². The van der Waals surface area contributed by atoms with Crippen molar-refractivity contribution in [3.63, 3.8) is 0 Å². The third kappa shape index (κ3) is 2.37. The number of amides is 4. The Morgan fingerprint density at radius 2 is 2.05 bits per heavy atom. The number of carbonyl (C=O) groups is 3. The van der Waals surface area contributed by atoms with Crippen LogP contribution in [-0.4, -0.2) is 58.9 Å². The van der Waals surface area contributed by atoms with Gasteiger partial charge in [0.1, 0.15) is 12.1 Å². The predicted molar refractivity (Wildman–Crippen MR) is 79.8 cm³/mol. The van der Waals surface area contributed by atoms with Gasteiger partial charge in [-0.1, -0.05) is 12.8 Å². The minimum Gasteiger partial charge on any atom is -0.338 e. The molecule has 122 valence electrons. The average molecular weight is 308 g/mol. The number of carbonyl (C=O) groups excluding carboxylic acids is 3. The van der Waals surface area contributed by atoms with Gasteiger partial charge in [-0.2, -0.15) is 0 Å². The van der Waals surface area contributed by atoms with Gasteiger partial charge < -0.3 is 16.0 Å². The second kappa shape index (κ2) is 5.53. The summed E-state index contributed by atoms with van der Waals surface area (Å²) in [6.45, 7) is 3.00. The molecule has 1 saturated carbocycles. The van der Waals surface area contributed by atoms with Crippen LogP contribution in [0.4, 0.5) is 4.79 Å². The molecular formula is C15H24N4O3. The van der Waals surface area contributed by atoms with Crippen LogP contribution in [0.15, 0.2) is 0 Å². The zero-order chi connectivity index (χ0) is 15.9. The molecule has 0 radical (unpaired) electrons.